The first-order chi connectivity index (χ1) is 16.0. The molecule has 0 saturated carbocycles. The zero-order valence-electron chi connectivity index (χ0n) is 18.2. The average molecular weight is 447 g/mol. The fraction of sp³-hybridized carbons (Fsp3) is 0.208. The van der Waals surface area contributed by atoms with E-state index in [1.54, 1.807) is 24.1 Å². The summed E-state index contributed by atoms with van der Waals surface area (Å²) in [4.78, 5) is 32.6. The van der Waals surface area contributed by atoms with Gasteiger partial charge in [-0.3, -0.25) is 10.1 Å². The van der Waals surface area contributed by atoms with Gasteiger partial charge in [0.25, 0.3) is 5.91 Å². The molecular formula is C24H25N5O4. The molecule has 9 nitrogen and oxygen atoms in total. The molecule has 1 aliphatic rings. The molecule has 1 saturated heterocycles. The maximum absolute atomic E-state index is 13.2. The van der Waals surface area contributed by atoms with Crippen LogP contribution < -0.4 is 20.3 Å². The van der Waals surface area contributed by atoms with Crippen LogP contribution in [-0.4, -0.2) is 60.3 Å². The maximum atomic E-state index is 13.2. The molecule has 2 heterocycles. The van der Waals surface area contributed by atoms with Crippen molar-refractivity contribution in [3.05, 3.63) is 72.4 Å². The zero-order valence-corrected chi connectivity index (χ0v) is 18.2. The number of carbonyl (C=O) groups is 2. The van der Waals surface area contributed by atoms with Crippen LogP contribution in [0.2, 0.25) is 0 Å². The Kier molecular flexibility index (Phi) is 6.58. The van der Waals surface area contributed by atoms with E-state index in [4.69, 9.17) is 9.84 Å². The number of rotatable bonds is 6. The SMILES string of the molecule is COc1ccccc1Nc1cc(NC(=O)O)nc(C(=O)N2CCN(c3ccccc3)CC2)c1. The van der Waals surface area contributed by atoms with Crippen LogP contribution >= 0.6 is 0 Å². The van der Waals surface area contributed by atoms with Gasteiger partial charge in [0.2, 0.25) is 0 Å². The van der Waals surface area contributed by atoms with Crippen molar-refractivity contribution in [3.63, 3.8) is 0 Å². The summed E-state index contributed by atoms with van der Waals surface area (Å²) in [6.45, 7) is 2.49. The topological polar surface area (TPSA) is 107 Å². The van der Waals surface area contributed by atoms with Crippen LogP contribution in [0.1, 0.15) is 10.5 Å². The second-order valence-electron chi connectivity index (χ2n) is 7.50. The molecule has 0 radical (unpaired) electrons. The van der Waals surface area contributed by atoms with Crippen LogP contribution in [0.15, 0.2) is 66.7 Å². The van der Waals surface area contributed by atoms with E-state index < -0.39 is 6.09 Å². The molecule has 170 valence electrons. The van der Waals surface area contributed by atoms with Gasteiger partial charge in [-0.05, 0) is 30.3 Å². The van der Waals surface area contributed by atoms with Gasteiger partial charge in [-0.15, -0.1) is 0 Å². The smallest absolute Gasteiger partial charge is 0.410 e. The number of hydrogen-bond donors (Lipinski definition) is 3. The first-order valence-electron chi connectivity index (χ1n) is 10.5. The van der Waals surface area contributed by atoms with E-state index in [-0.39, 0.29) is 17.4 Å². The third-order valence-corrected chi connectivity index (χ3v) is 5.35. The Morgan fingerprint density at radius 2 is 1.67 bits per heavy atom. The summed E-state index contributed by atoms with van der Waals surface area (Å²) in [5.41, 5.74) is 2.48. The van der Waals surface area contributed by atoms with E-state index in [2.05, 4.69) is 32.7 Å². The molecule has 3 aromatic rings. The zero-order chi connectivity index (χ0) is 23.2. The first kappa shape index (κ1) is 21.9. The fourth-order valence-corrected chi connectivity index (χ4v) is 3.76. The Morgan fingerprint density at radius 1 is 0.970 bits per heavy atom. The van der Waals surface area contributed by atoms with Gasteiger partial charge in [-0.25, -0.2) is 9.78 Å². The number of hydrogen-bond acceptors (Lipinski definition) is 6. The molecule has 1 fully saturated rings. The highest BCUT2D eigenvalue weighted by Crippen LogP contribution is 2.28. The van der Waals surface area contributed by atoms with Gasteiger partial charge in [-0.2, -0.15) is 0 Å². The number of anilines is 4. The van der Waals surface area contributed by atoms with Gasteiger partial charge in [0.15, 0.2) is 0 Å². The van der Waals surface area contributed by atoms with E-state index >= 15 is 0 Å². The predicted molar refractivity (Wildman–Crippen MR) is 127 cm³/mol. The molecule has 1 aliphatic heterocycles. The summed E-state index contributed by atoms with van der Waals surface area (Å²) < 4.78 is 5.36. The number of methoxy groups -OCH3 is 1. The molecule has 9 heteroatoms. The Hall–Kier alpha value is -4.27. The Bertz CT molecular complexity index is 1130. The molecule has 1 aromatic heterocycles. The normalized spacial score (nSPS) is 13.4. The van der Waals surface area contributed by atoms with Crippen LogP contribution in [0.25, 0.3) is 0 Å². The number of carbonyl (C=O) groups excluding carboxylic acids is 1. The number of ether oxygens (including phenoxy) is 1. The second kappa shape index (κ2) is 9.90. The highest BCUT2D eigenvalue weighted by Gasteiger charge is 2.24. The summed E-state index contributed by atoms with van der Waals surface area (Å²) >= 11 is 0. The van der Waals surface area contributed by atoms with E-state index in [0.717, 1.165) is 5.69 Å². The monoisotopic (exact) mass is 447 g/mol. The molecule has 2 amide bonds. The van der Waals surface area contributed by atoms with Crippen molar-refractivity contribution in [2.75, 3.05) is 48.8 Å². The molecule has 0 bridgehead atoms. The lowest BCUT2D eigenvalue weighted by Crippen LogP contribution is -2.49. The number of carboxylic acid groups (broad SMARTS) is 1. The van der Waals surface area contributed by atoms with Gasteiger partial charge in [-0.1, -0.05) is 30.3 Å². The highest BCUT2D eigenvalue weighted by molar-refractivity contribution is 5.95. The third kappa shape index (κ3) is 5.32. The van der Waals surface area contributed by atoms with Crippen molar-refractivity contribution >= 4 is 34.9 Å². The standard InChI is InChI=1S/C24H25N5O4/c1-33-21-10-6-5-9-19(21)25-17-15-20(26-22(16-17)27-24(31)32)23(30)29-13-11-28(12-14-29)18-7-3-2-4-8-18/h2-10,15-16H,11-14H2,1H3,(H,31,32)(H2,25,26,27). The van der Waals surface area contributed by atoms with E-state index in [0.29, 0.717) is 43.3 Å². The molecule has 0 unspecified atom stereocenters. The Morgan fingerprint density at radius 3 is 2.36 bits per heavy atom. The summed E-state index contributed by atoms with van der Waals surface area (Å²) in [6.07, 6.45) is -1.26. The number of nitrogens with zero attached hydrogens (tertiary/aromatic N) is 3. The molecular weight excluding hydrogens is 422 g/mol. The third-order valence-electron chi connectivity index (χ3n) is 5.35. The van der Waals surface area contributed by atoms with Crippen molar-refractivity contribution in [2.45, 2.75) is 0 Å². The lowest BCUT2D eigenvalue weighted by atomic mass is 10.2. The van der Waals surface area contributed by atoms with Crippen LogP contribution in [-0.2, 0) is 0 Å². The molecule has 4 rings (SSSR count). The minimum atomic E-state index is -1.26. The number of benzene rings is 2. The molecule has 0 atom stereocenters. The number of pyridine rings is 1. The van der Waals surface area contributed by atoms with Crippen LogP contribution in [0, 0.1) is 0 Å². The number of nitrogens with one attached hydrogen (secondary N) is 2. The van der Waals surface area contributed by atoms with Gasteiger partial charge in [0, 0.05) is 43.6 Å². The molecule has 0 aliphatic carbocycles. The predicted octanol–water partition coefficient (Wildman–Crippen LogP) is 3.89. The van der Waals surface area contributed by atoms with Crippen molar-refractivity contribution in [1.29, 1.82) is 0 Å². The molecule has 3 N–H and O–H groups in total. The maximum Gasteiger partial charge on any atom is 0.410 e. The first-order valence-corrected chi connectivity index (χ1v) is 10.5. The van der Waals surface area contributed by atoms with Crippen molar-refractivity contribution < 1.29 is 19.4 Å². The number of para-hydroxylation sites is 3. The largest absolute Gasteiger partial charge is 0.495 e. The lowest BCUT2D eigenvalue weighted by molar-refractivity contribution is 0.0741. The van der Waals surface area contributed by atoms with Crippen LogP contribution in [0.5, 0.6) is 5.75 Å². The van der Waals surface area contributed by atoms with E-state index in [1.165, 1.54) is 6.07 Å². The van der Waals surface area contributed by atoms with Crippen LogP contribution in [0.3, 0.4) is 0 Å². The minimum Gasteiger partial charge on any atom is -0.495 e. The lowest BCUT2D eigenvalue weighted by Gasteiger charge is -2.36. The van der Waals surface area contributed by atoms with Crippen molar-refractivity contribution in [3.8, 4) is 5.75 Å². The molecule has 33 heavy (non-hydrogen) atoms. The Labute approximate surface area is 191 Å². The number of piperazine rings is 1. The number of aromatic nitrogens is 1. The summed E-state index contributed by atoms with van der Waals surface area (Å²) in [7, 11) is 1.56. The van der Waals surface area contributed by atoms with E-state index in [9.17, 15) is 9.59 Å². The quantitative estimate of drug-likeness (QED) is 0.526. The summed E-state index contributed by atoms with van der Waals surface area (Å²) in [5.74, 6) is 0.431. The summed E-state index contributed by atoms with van der Waals surface area (Å²) in [5, 5.41) is 14.6. The fourth-order valence-electron chi connectivity index (χ4n) is 3.76. The average Bonchev–Trinajstić information content (AvgIpc) is 2.84. The minimum absolute atomic E-state index is 0.0636. The van der Waals surface area contributed by atoms with Gasteiger partial charge >= 0.3 is 6.09 Å². The van der Waals surface area contributed by atoms with Crippen molar-refractivity contribution in [1.82, 2.24) is 9.88 Å². The molecule has 0 spiro atoms. The van der Waals surface area contributed by atoms with Gasteiger partial charge < -0.3 is 25.0 Å². The van der Waals surface area contributed by atoms with Crippen LogP contribution in [0.4, 0.5) is 27.7 Å². The van der Waals surface area contributed by atoms with Gasteiger partial charge in [0.1, 0.15) is 17.3 Å². The number of amides is 2. The highest BCUT2D eigenvalue weighted by atomic mass is 16.5. The van der Waals surface area contributed by atoms with Crippen molar-refractivity contribution in [2.24, 2.45) is 0 Å². The Balaban J connectivity index is 1.54. The summed E-state index contributed by atoms with van der Waals surface area (Å²) in [6, 6.07) is 20.5. The van der Waals surface area contributed by atoms with E-state index in [1.807, 2.05) is 36.4 Å². The molecule has 2 aromatic carbocycles. The second-order valence-corrected chi connectivity index (χ2v) is 7.50. The van der Waals surface area contributed by atoms with Gasteiger partial charge in [0.05, 0.1) is 12.8 Å².